The highest BCUT2D eigenvalue weighted by Gasteiger charge is 2.22. The fourth-order valence-corrected chi connectivity index (χ4v) is 3.69. The Hall–Kier alpha value is -1.84. The summed E-state index contributed by atoms with van der Waals surface area (Å²) in [5, 5.41) is 7.46. The number of benzene rings is 1. The molecule has 0 radical (unpaired) electrons. The van der Waals surface area contributed by atoms with Crippen molar-refractivity contribution in [1.82, 2.24) is 14.8 Å². The van der Waals surface area contributed by atoms with Gasteiger partial charge in [-0.3, -0.25) is 9.59 Å². The van der Waals surface area contributed by atoms with Crippen LogP contribution in [0.4, 0.5) is 5.69 Å². The third-order valence-corrected chi connectivity index (χ3v) is 4.85. The van der Waals surface area contributed by atoms with Crippen molar-refractivity contribution in [2.24, 2.45) is 5.73 Å². The third-order valence-electron chi connectivity index (χ3n) is 3.46. The molecule has 28 heavy (non-hydrogen) atoms. The molecule has 0 unspecified atom stereocenters. The summed E-state index contributed by atoms with van der Waals surface area (Å²) < 4.78 is 1.56. The third kappa shape index (κ3) is 4.26. The van der Waals surface area contributed by atoms with E-state index in [0.717, 1.165) is 0 Å². The molecular formula is C16H8BrCl4N5O2. The number of primary amides is 1. The quantitative estimate of drug-likeness (QED) is 0.502. The maximum absolute atomic E-state index is 12.9. The summed E-state index contributed by atoms with van der Waals surface area (Å²) in [5.41, 5.74) is 5.39. The van der Waals surface area contributed by atoms with Gasteiger partial charge in [-0.2, -0.15) is 5.10 Å². The number of carbonyl (C=O) groups is 2. The van der Waals surface area contributed by atoms with Gasteiger partial charge in [0.2, 0.25) is 0 Å². The fourth-order valence-electron chi connectivity index (χ4n) is 2.31. The summed E-state index contributed by atoms with van der Waals surface area (Å²) in [5.74, 6) is -1.27. The van der Waals surface area contributed by atoms with Crippen molar-refractivity contribution in [2.75, 3.05) is 5.32 Å². The number of nitrogens with zero attached hydrogens (tertiary/aromatic N) is 3. The van der Waals surface area contributed by atoms with Crippen molar-refractivity contribution >= 4 is 79.8 Å². The zero-order chi connectivity index (χ0) is 20.6. The lowest BCUT2D eigenvalue weighted by atomic mass is 10.1. The maximum atomic E-state index is 12.9. The molecule has 0 aliphatic carbocycles. The molecule has 0 fully saturated rings. The van der Waals surface area contributed by atoms with Crippen molar-refractivity contribution in [3.05, 3.63) is 66.4 Å². The van der Waals surface area contributed by atoms with Gasteiger partial charge in [0.05, 0.1) is 26.3 Å². The van der Waals surface area contributed by atoms with E-state index in [-0.39, 0.29) is 37.8 Å². The van der Waals surface area contributed by atoms with Gasteiger partial charge in [-0.1, -0.05) is 46.4 Å². The molecule has 7 nitrogen and oxygen atoms in total. The number of pyridine rings is 1. The normalized spacial score (nSPS) is 10.8. The SMILES string of the molecule is NC(=O)c1cc(Cl)cc(Cl)c1NC(=O)c1cc(Br)nn1-c1ncc(Cl)cc1Cl. The number of nitrogens with one attached hydrogen (secondary N) is 1. The standard InChI is InChI=1S/C16H8BrCl4N5O2/c17-12-4-11(26(25-12)15-10(21)3-7(19)5-23-15)16(28)24-13-8(14(22)27)1-6(18)2-9(13)20/h1-5H,(H2,22,27)(H,24,28). The van der Waals surface area contributed by atoms with Crippen LogP contribution in [0.1, 0.15) is 20.8 Å². The number of amides is 2. The molecule has 2 heterocycles. The van der Waals surface area contributed by atoms with Gasteiger partial charge in [0.25, 0.3) is 11.8 Å². The minimum absolute atomic E-state index is 0.0163. The van der Waals surface area contributed by atoms with E-state index in [9.17, 15) is 9.59 Å². The number of halogens is 5. The zero-order valence-corrected chi connectivity index (χ0v) is 18.1. The Bertz CT molecular complexity index is 1120. The predicted octanol–water partition coefficient (Wildman–Crippen LogP) is 4.99. The second-order valence-electron chi connectivity index (χ2n) is 5.35. The molecule has 0 aliphatic heterocycles. The largest absolute Gasteiger partial charge is 0.366 e. The van der Waals surface area contributed by atoms with Crippen LogP contribution < -0.4 is 11.1 Å². The number of hydrogen-bond acceptors (Lipinski definition) is 4. The second kappa shape index (κ2) is 8.26. The highest BCUT2D eigenvalue weighted by Crippen LogP contribution is 2.31. The lowest BCUT2D eigenvalue weighted by Crippen LogP contribution is -2.21. The smallest absolute Gasteiger partial charge is 0.274 e. The van der Waals surface area contributed by atoms with Crippen LogP contribution in [0.2, 0.25) is 20.1 Å². The second-order valence-corrected chi connectivity index (χ2v) is 7.85. The molecule has 2 aromatic heterocycles. The summed E-state index contributed by atoms with van der Waals surface area (Å²) >= 11 is 27.3. The Balaban J connectivity index is 2.05. The van der Waals surface area contributed by atoms with Crippen LogP contribution in [0, 0.1) is 0 Å². The molecule has 0 spiro atoms. The Morgan fingerprint density at radius 3 is 2.36 bits per heavy atom. The molecule has 0 aliphatic rings. The molecule has 0 saturated heterocycles. The molecule has 0 bridgehead atoms. The van der Waals surface area contributed by atoms with Crippen molar-refractivity contribution < 1.29 is 9.59 Å². The van der Waals surface area contributed by atoms with E-state index in [0.29, 0.717) is 9.63 Å². The van der Waals surface area contributed by atoms with E-state index < -0.39 is 11.8 Å². The van der Waals surface area contributed by atoms with Gasteiger partial charge in [0.15, 0.2) is 5.82 Å². The number of anilines is 1. The number of rotatable bonds is 4. The van der Waals surface area contributed by atoms with E-state index in [1.165, 1.54) is 35.1 Å². The topological polar surface area (TPSA) is 103 Å². The summed E-state index contributed by atoms with van der Waals surface area (Å²) in [4.78, 5) is 28.7. The number of aromatic nitrogens is 3. The first-order chi connectivity index (χ1) is 13.2. The van der Waals surface area contributed by atoms with Gasteiger partial charge in [-0.15, -0.1) is 0 Å². The average Bonchev–Trinajstić information content (AvgIpc) is 2.98. The van der Waals surface area contributed by atoms with Gasteiger partial charge < -0.3 is 11.1 Å². The molecular weight excluding hydrogens is 516 g/mol. The fraction of sp³-hybridized carbons (Fsp3) is 0. The summed E-state index contributed by atoms with van der Waals surface area (Å²) in [6.07, 6.45) is 1.36. The van der Waals surface area contributed by atoms with Crippen LogP contribution in [0.5, 0.6) is 0 Å². The molecule has 0 saturated carbocycles. The predicted molar refractivity (Wildman–Crippen MR) is 112 cm³/mol. The monoisotopic (exact) mass is 521 g/mol. The molecule has 144 valence electrons. The first kappa shape index (κ1) is 20.9. The average molecular weight is 524 g/mol. The Labute approximate surface area is 186 Å². The molecule has 12 heteroatoms. The van der Waals surface area contributed by atoms with Crippen LogP contribution in [0.3, 0.4) is 0 Å². The number of hydrogen-bond donors (Lipinski definition) is 2. The van der Waals surface area contributed by atoms with Crippen LogP contribution in [-0.2, 0) is 0 Å². The first-order valence-electron chi connectivity index (χ1n) is 7.34. The van der Waals surface area contributed by atoms with Gasteiger partial charge >= 0.3 is 0 Å². The van der Waals surface area contributed by atoms with Crippen LogP contribution >= 0.6 is 62.3 Å². The lowest BCUT2D eigenvalue weighted by molar-refractivity contribution is 0.100. The molecule has 3 rings (SSSR count). The Kier molecular flexibility index (Phi) is 6.16. The molecule has 3 N–H and O–H groups in total. The van der Waals surface area contributed by atoms with E-state index in [1.807, 2.05) is 0 Å². The molecule has 3 aromatic rings. The minimum Gasteiger partial charge on any atom is -0.366 e. The van der Waals surface area contributed by atoms with Crippen LogP contribution in [-0.4, -0.2) is 26.6 Å². The number of nitrogens with two attached hydrogens (primary N) is 1. The molecule has 1 aromatic carbocycles. The molecule has 0 atom stereocenters. The van der Waals surface area contributed by atoms with E-state index in [1.54, 1.807) is 0 Å². The van der Waals surface area contributed by atoms with Crippen molar-refractivity contribution in [2.45, 2.75) is 0 Å². The van der Waals surface area contributed by atoms with Crippen LogP contribution in [0.25, 0.3) is 5.82 Å². The Morgan fingerprint density at radius 2 is 1.71 bits per heavy atom. The minimum atomic E-state index is -0.809. The van der Waals surface area contributed by atoms with Gasteiger partial charge in [-0.05, 0) is 34.1 Å². The summed E-state index contributed by atoms with van der Waals surface area (Å²) in [6, 6.07) is 5.58. The molecule has 2 amide bonds. The van der Waals surface area contributed by atoms with Gasteiger partial charge in [0, 0.05) is 17.3 Å². The zero-order valence-electron chi connectivity index (χ0n) is 13.5. The van der Waals surface area contributed by atoms with E-state index in [2.05, 4.69) is 31.3 Å². The summed E-state index contributed by atoms with van der Waals surface area (Å²) in [7, 11) is 0. The number of carbonyl (C=O) groups excluding carboxylic acids is 2. The van der Waals surface area contributed by atoms with Crippen LogP contribution in [0.15, 0.2) is 35.1 Å². The van der Waals surface area contributed by atoms with E-state index in [4.69, 9.17) is 52.1 Å². The highest BCUT2D eigenvalue weighted by molar-refractivity contribution is 9.10. The van der Waals surface area contributed by atoms with Crippen molar-refractivity contribution in [3.8, 4) is 5.82 Å². The van der Waals surface area contributed by atoms with Gasteiger partial charge in [0.1, 0.15) is 10.3 Å². The first-order valence-corrected chi connectivity index (χ1v) is 9.65. The van der Waals surface area contributed by atoms with Crippen molar-refractivity contribution in [1.29, 1.82) is 0 Å². The van der Waals surface area contributed by atoms with Crippen molar-refractivity contribution in [3.63, 3.8) is 0 Å². The van der Waals surface area contributed by atoms with Gasteiger partial charge in [-0.25, -0.2) is 9.67 Å². The maximum Gasteiger partial charge on any atom is 0.274 e. The highest BCUT2D eigenvalue weighted by atomic mass is 79.9. The lowest BCUT2D eigenvalue weighted by Gasteiger charge is -2.13. The van der Waals surface area contributed by atoms with E-state index >= 15 is 0 Å². The Morgan fingerprint density at radius 1 is 1.04 bits per heavy atom. The summed E-state index contributed by atoms with van der Waals surface area (Å²) in [6.45, 7) is 0.